The number of Topliss-reactive ketones (excluding diaryl/α,β-unsaturated/α-hetero) is 1. The fraction of sp³-hybridized carbons (Fsp3) is 0.250. The number of sulfone groups is 1. The Morgan fingerprint density at radius 1 is 1.00 bits per heavy atom. The van der Waals surface area contributed by atoms with Gasteiger partial charge in [0.05, 0.1) is 16.0 Å². The third-order valence-electron chi connectivity index (χ3n) is 5.94. The second kappa shape index (κ2) is 7.20. The average molecular weight is 436 g/mol. The lowest BCUT2D eigenvalue weighted by molar-refractivity contribution is -0.120. The Labute approximate surface area is 180 Å². The molecule has 0 bridgehead atoms. The van der Waals surface area contributed by atoms with E-state index in [4.69, 9.17) is 9.47 Å². The summed E-state index contributed by atoms with van der Waals surface area (Å²) in [5.41, 5.74) is 2.70. The van der Waals surface area contributed by atoms with E-state index < -0.39 is 15.3 Å². The molecule has 2 aromatic carbocycles. The highest BCUT2D eigenvalue weighted by Crippen LogP contribution is 2.51. The molecule has 0 saturated heterocycles. The molecular weight excluding hydrogens is 414 g/mol. The van der Waals surface area contributed by atoms with Crippen molar-refractivity contribution in [3.63, 3.8) is 0 Å². The number of carbonyl (C=O) groups excluding carboxylic acids is 1. The number of fused-ring (bicyclic) bond motifs is 1. The molecule has 0 unspecified atom stereocenters. The van der Waals surface area contributed by atoms with Crippen LogP contribution in [0.3, 0.4) is 0 Å². The quantitative estimate of drug-likeness (QED) is 0.587. The lowest BCUT2D eigenvalue weighted by Crippen LogP contribution is -2.23. The highest BCUT2D eigenvalue weighted by molar-refractivity contribution is 7.90. The van der Waals surface area contributed by atoms with Crippen LogP contribution in [0.15, 0.2) is 65.6 Å². The fourth-order valence-corrected chi connectivity index (χ4v) is 4.62. The number of hydrogen-bond donors (Lipinski definition) is 0. The van der Waals surface area contributed by atoms with Crippen molar-refractivity contribution in [2.75, 3.05) is 13.0 Å². The SMILES string of the molecule is CS(=O)(=O)c1ccc(-c2cccc(CC(=O)C3(c4ccc5c(c4)OCO5)CC3)n2)cc1. The van der Waals surface area contributed by atoms with Crippen LogP contribution in [0.2, 0.25) is 0 Å². The van der Waals surface area contributed by atoms with Gasteiger partial charge >= 0.3 is 0 Å². The maximum absolute atomic E-state index is 13.2. The van der Waals surface area contributed by atoms with Crippen LogP contribution in [0.1, 0.15) is 24.1 Å². The molecule has 0 atom stereocenters. The van der Waals surface area contributed by atoms with Gasteiger partial charge in [0, 0.05) is 23.9 Å². The maximum Gasteiger partial charge on any atom is 0.231 e. The minimum atomic E-state index is -3.25. The van der Waals surface area contributed by atoms with Gasteiger partial charge in [-0.25, -0.2) is 8.42 Å². The van der Waals surface area contributed by atoms with Gasteiger partial charge in [0.25, 0.3) is 0 Å². The molecule has 2 heterocycles. The van der Waals surface area contributed by atoms with Gasteiger partial charge in [-0.15, -0.1) is 0 Å². The summed E-state index contributed by atoms with van der Waals surface area (Å²) in [6.07, 6.45) is 3.06. The van der Waals surface area contributed by atoms with Crippen molar-refractivity contribution in [3.05, 3.63) is 71.9 Å². The molecule has 5 rings (SSSR count). The van der Waals surface area contributed by atoms with Gasteiger partial charge in [-0.05, 0) is 54.8 Å². The summed E-state index contributed by atoms with van der Waals surface area (Å²) >= 11 is 0. The van der Waals surface area contributed by atoms with E-state index in [9.17, 15) is 13.2 Å². The lowest BCUT2D eigenvalue weighted by Gasteiger charge is -2.15. The lowest BCUT2D eigenvalue weighted by atomic mass is 9.88. The van der Waals surface area contributed by atoms with Gasteiger partial charge in [-0.1, -0.05) is 24.3 Å². The van der Waals surface area contributed by atoms with Crippen molar-refractivity contribution in [3.8, 4) is 22.8 Å². The molecule has 2 aliphatic rings. The molecule has 0 amide bonds. The van der Waals surface area contributed by atoms with Crippen molar-refractivity contribution in [1.82, 2.24) is 4.98 Å². The second-order valence-electron chi connectivity index (χ2n) is 8.06. The predicted octanol–water partition coefficient (Wildman–Crippen LogP) is 3.72. The van der Waals surface area contributed by atoms with Gasteiger partial charge < -0.3 is 9.47 Å². The number of hydrogen-bond acceptors (Lipinski definition) is 6. The molecule has 31 heavy (non-hydrogen) atoms. The largest absolute Gasteiger partial charge is 0.454 e. The first-order valence-corrected chi connectivity index (χ1v) is 11.9. The second-order valence-corrected chi connectivity index (χ2v) is 10.1. The molecule has 0 radical (unpaired) electrons. The number of ketones is 1. The number of carbonyl (C=O) groups is 1. The van der Waals surface area contributed by atoms with E-state index in [1.165, 1.54) is 6.26 Å². The standard InChI is InChI=1S/C24H21NO5S/c1-31(27,28)19-8-5-16(6-9-19)20-4-2-3-18(25-20)14-23(26)24(11-12-24)17-7-10-21-22(13-17)30-15-29-21/h2-10,13H,11-12,14-15H2,1H3. The summed E-state index contributed by atoms with van der Waals surface area (Å²) in [6.45, 7) is 0.210. The summed E-state index contributed by atoms with van der Waals surface area (Å²) in [5, 5.41) is 0. The summed E-state index contributed by atoms with van der Waals surface area (Å²) in [4.78, 5) is 18.1. The number of nitrogens with zero attached hydrogens (tertiary/aromatic N) is 1. The highest BCUT2D eigenvalue weighted by Gasteiger charge is 2.50. The Morgan fingerprint density at radius 2 is 1.74 bits per heavy atom. The molecule has 1 fully saturated rings. The molecule has 1 aromatic heterocycles. The van der Waals surface area contributed by atoms with E-state index in [0.29, 0.717) is 22.9 Å². The minimum absolute atomic E-state index is 0.142. The van der Waals surface area contributed by atoms with Crippen molar-refractivity contribution in [2.45, 2.75) is 29.6 Å². The Kier molecular flexibility index (Phi) is 4.59. The Morgan fingerprint density at radius 3 is 2.45 bits per heavy atom. The number of aromatic nitrogens is 1. The van der Waals surface area contributed by atoms with Crippen LogP contribution in [0.4, 0.5) is 0 Å². The van der Waals surface area contributed by atoms with Crippen molar-refractivity contribution >= 4 is 15.6 Å². The normalized spacial score (nSPS) is 16.2. The topological polar surface area (TPSA) is 82.6 Å². The number of benzene rings is 2. The fourth-order valence-electron chi connectivity index (χ4n) is 3.99. The van der Waals surface area contributed by atoms with Crippen LogP contribution in [-0.2, 0) is 26.5 Å². The van der Waals surface area contributed by atoms with Crippen LogP contribution in [-0.4, -0.2) is 32.2 Å². The molecule has 158 valence electrons. The van der Waals surface area contributed by atoms with Crippen molar-refractivity contribution in [1.29, 1.82) is 0 Å². The average Bonchev–Trinajstić information content (AvgIpc) is 3.44. The molecule has 1 aliphatic heterocycles. The van der Waals surface area contributed by atoms with Crippen molar-refractivity contribution < 1.29 is 22.7 Å². The van der Waals surface area contributed by atoms with Gasteiger partial charge in [0.1, 0.15) is 5.78 Å². The molecule has 6 nitrogen and oxygen atoms in total. The molecule has 0 spiro atoms. The van der Waals surface area contributed by atoms with Gasteiger partial charge in [-0.3, -0.25) is 9.78 Å². The molecule has 1 saturated carbocycles. The van der Waals surface area contributed by atoms with Crippen molar-refractivity contribution in [2.24, 2.45) is 0 Å². The molecule has 3 aromatic rings. The summed E-state index contributed by atoms with van der Waals surface area (Å²) < 4.78 is 34.2. The number of ether oxygens (including phenoxy) is 2. The zero-order valence-electron chi connectivity index (χ0n) is 17.0. The zero-order chi connectivity index (χ0) is 21.6. The predicted molar refractivity (Wildman–Crippen MR) is 115 cm³/mol. The first kappa shape index (κ1) is 19.8. The van der Waals surface area contributed by atoms with E-state index >= 15 is 0 Å². The van der Waals surface area contributed by atoms with Crippen LogP contribution >= 0.6 is 0 Å². The first-order chi connectivity index (χ1) is 14.8. The third-order valence-corrected chi connectivity index (χ3v) is 7.06. The molecule has 7 heteroatoms. The number of rotatable bonds is 6. The minimum Gasteiger partial charge on any atom is -0.454 e. The maximum atomic E-state index is 13.2. The Bertz CT molecular complexity index is 1280. The molecule has 1 aliphatic carbocycles. The third kappa shape index (κ3) is 3.70. The molecule has 0 N–H and O–H groups in total. The van der Waals surface area contributed by atoms with E-state index in [-0.39, 0.29) is 23.9 Å². The zero-order valence-corrected chi connectivity index (χ0v) is 17.8. The number of pyridine rings is 1. The van der Waals surface area contributed by atoms with E-state index in [1.54, 1.807) is 24.3 Å². The van der Waals surface area contributed by atoms with Gasteiger partial charge in [-0.2, -0.15) is 0 Å². The highest BCUT2D eigenvalue weighted by atomic mass is 32.2. The van der Waals surface area contributed by atoms with Crippen LogP contribution in [0.5, 0.6) is 11.5 Å². The van der Waals surface area contributed by atoms with E-state index in [2.05, 4.69) is 4.98 Å². The van der Waals surface area contributed by atoms with Gasteiger partial charge in [0.15, 0.2) is 21.3 Å². The summed E-state index contributed by atoms with van der Waals surface area (Å²) in [6, 6.07) is 17.9. The smallest absolute Gasteiger partial charge is 0.231 e. The Balaban J connectivity index is 1.37. The Hall–Kier alpha value is -3.19. The monoisotopic (exact) mass is 435 g/mol. The first-order valence-electron chi connectivity index (χ1n) is 10.1. The van der Waals surface area contributed by atoms with E-state index in [1.807, 2.05) is 36.4 Å². The van der Waals surface area contributed by atoms with Gasteiger partial charge in [0.2, 0.25) is 6.79 Å². The van der Waals surface area contributed by atoms with Crippen LogP contribution in [0, 0.1) is 0 Å². The van der Waals surface area contributed by atoms with Crippen LogP contribution in [0.25, 0.3) is 11.3 Å². The van der Waals surface area contributed by atoms with Crippen LogP contribution < -0.4 is 9.47 Å². The summed E-state index contributed by atoms with van der Waals surface area (Å²) in [5.74, 6) is 1.54. The molecular formula is C24H21NO5S. The summed E-state index contributed by atoms with van der Waals surface area (Å²) in [7, 11) is -3.25. The van der Waals surface area contributed by atoms with E-state index in [0.717, 1.165) is 24.0 Å².